The van der Waals surface area contributed by atoms with Gasteiger partial charge in [-0.15, -0.1) is 24.0 Å². The molecule has 1 amide bonds. The smallest absolute Gasteiger partial charge is 0.227 e. The predicted molar refractivity (Wildman–Crippen MR) is 129 cm³/mol. The molecule has 0 radical (unpaired) electrons. The van der Waals surface area contributed by atoms with Crippen LogP contribution in [0.15, 0.2) is 47.7 Å². The number of carbonyl (C=O) groups excluding carboxylic acids is 1. The summed E-state index contributed by atoms with van der Waals surface area (Å²) in [6.07, 6.45) is 4.61. The number of amides is 1. The number of hydrogen-bond acceptors (Lipinski definition) is 3. The highest BCUT2D eigenvalue weighted by Gasteiger charge is 2.07. The lowest BCUT2D eigenvalue weighted by atomic mass is 10.1. The largest absolute Gasteiger partial charge is 0.361 e. The van der Waals surface area contributed by atoms with E-state index in [0.29, 0.717) is 31.3 Å². The molecular formula is C21H26FIN6O. The van der Waals surface area contributed by atoms with Crippen molar-refractivity contribution in [1.82, 2.24) is 20.6 Å². The molecule has 3 rings (SSSR count). The van der Waals surface area contributed by atoms with E-state index in [1.165, 1.54) is 12.1 Å². The van der Waals surface area contributed by atoms with Crippen molar-refractivity contribution >= 4 is 52.6 Å². The lowest BCUT2D eigenvalue weighted by Gasteiger charge is -2.11. The zero-order valence-corrected chi connectivity index (χ0v) is 19.3. The highest BCUT2D eigenvalue weighted by atomic mass is 127. The molecule has 3 aromatic rings. The average molecular weight is 524 g/mol. The molecule has 7 nitrogen and oxygen atoms in total. The minimum absolute atomic E-state index is 0. The molecule has 2 heterocycles. The fourth-order valence-electron chi connectivity index (χ4n) is 2.94. The number of halogens is 2. The second kappa shape index (κ2) is 11.5. The van der Waals surface area contributed by atoms with Gasteiger partial charge in [0.2, 0.25) is 5.91 Å². The first-order chi connectivity index (χ1) is 14.0. The number of aromatic nitrogens is 2. The molecule has 1 aromatic carbocycles. The third kappa shape index (κ3) is 6.68. The summed E-state index contributed by atoms with van der Waals surface area (Å²) >= 11 is 0. The van der Waals surface area contributed by atoms with Gasteiger partial charge in [-0.1, -0.05) is 6.07 Å². The van der Waals surface area contributed by atoms with Crippen molar-refractivity contribution in [3.63, 3.8) is 0 Å². The molecular weight excluding hydrogens is 498 g/mol. The number of hydrogen-bond donors (Lipinski definition) is 4. The van der Waals surface area contributed by atoms with Crippen molar-refractivity contribution in [3.05, 3.63) is 59.7 Å². The summed E-state index contributed by atoms with van der Waals surface area (Å²) in [5.41, 5.74) is 2.99. The van der Waals surface area contributed by atoms with Crippen molar-refractivity contribution in [2.45, 2.75) is 19.8 Å². The van der Waals surface area contributed by atoms with E-state index in [2.05, 4.69) is 30.9 Å². The standard InChI is InChI=1S/C21H25FN6O.HI/c1-14-3-6-19(27-12-14)28-20(29)8-10-25-21(23-2)24-9-7-15-13-26-18-5-4-16(22)11-17(15)18;/h3-6,11-13,26H,7-10H2,1-2H3,(H2,23,24,25)(H,27,28,29);1H. The number of aliphatic imine (C=N–C) groups is 1. The second-order valence-electron chi connectivity index (χ2n) is 6.70. The molecule has 4 N–H and O–H groups in total. The monoisotopic (exact) mass is 524 g/mol. The Balaban J connectivity index is 0.00000320. The van der Waals surface area contributed by atoms with Gasteiger partial charge in [-0.05, 0) is 48.7 Å². The summed E-state index contributed by atoms with van der Waals surface area (Å²) in [4.78, 5) is 23.5. The first-order valence-electron chi connectivity index (χ1n) is 9.47. The maximum absolute atomic E-state index is 13.5. The summed E-state index contributed by atoms with van der Waals surface area (Å²) in [5, 5.41) is 9.96. The fourth-order valence-corrected chi connectivity index (χ4v) is 2.94. The average Bonchev–Trinajstić information content (AvgIpc) is 3.10. The van der Waals surface area contributed by atoms with E-state index in [0.717, 1.165) is 22.0 Å². The van der Waals surface area contributed by atoms with Crippen LogP contribution in [0.3, 0.4) is 0 Å². The van der Waals surface area contributed by atoms with Crippen molar-refractivity contribution in [3.8, 4) is 0 Å². The number of anilines is 1. The zero-order valence-electron chi connectivity index (χ0n) is 17.0. The van der Waals surface area contributed by atoms with Crippen LogP contribution in [0.1, 0.15) is 17.5 Å². The van der Waals surface area contributed by atoms with Crippen LogP contribution in [0.4, 0.5) is 10.2 Å². The third-order valence-electron chi connectivity index (χ3n) is 4.46. The molecule has 9 heteroatoms. The number of pyridine rings is 1. The molecule has 0 unspecified atom stereocenters. The first-order valence-corrected chi connectivity index (χ1v) is 9.47. The number of fused-ring (bicyclic) bond motifs is 1. The quantitative estimate of drug-likeness (QED) is 0.217. The molecule has 0 spiro atoms. The predicted octanol–water partition coefficient (Wildman–Crippen LogP) is 3.36. The summed E-state index contributed by atoms with van der Waals surface area (Å²) in [6, 6.07) is 8.39. The van der Waals surface area contributed by atoms with Crippen molar-refractivity contribution < 1.29 is 9.18 Å². The SMILES string of the molecule is CN=C(NCCC(=O)Nc1ccc(C)cn1)NCCc1c[nH]c2ccc(F)cc12.I. The minimum Gasteiger partial charge on any atom is -0.361 e. The number of H-pyrrole nitrogens is 1. The Kier molecular flexibility index (Phi) is 9.03. The van der Waals surface area contributed by atoms with Gasteiger partial charge in [0.05, 0.1) is 0 Å². The van der Waals surface area contributed by atoms with Gasteiger partial charge in [0.1, 0.15) is 11.6 Å². The molecule has 0 aliphatic carbocycles. The van der Waals surface area contributed by atoms with Gasteiger partial charge in [0.25, 0.3) is 0 Å². The number of benzene rings is 1. The molecule has 2 aromatic heterocycles. The Morgan fingerprint density at radius 3 is 2.73 bits per heavy atom. The van der Waals surface area contributed by atoms with Crippen LogP contribution in [0.5, 0.6) is 0 Å². The van der Waals surface area contributed by atoms with Gasteiger partial charge < -0.3 is 20.9 Å². The molecule has 0 saturated heterocycles. The van der Waals surface area contributed by atoms with Gasteiger partial charge >= 0.3 is 0 Å². The van der Waals surface area contributed by atoms with E-state index in [1.54, 1.807) is 25.4 Å². The van der Waals surface area contributed by atoms with Crippen molar-refractivity contribution in [2.24, 2.45) is 4.99 Å². The Morgan fingerprint density at radius 1 is 1.20 bits per heavy atom. The Bertz CT molecular complexity index is 1000. The first kappa shape index (κ1) is 23.6. The van der Waals surface area contributed by atoms with Crippen LogP contribution in [0, 0.1) is 12.7 Å². The van der Waals surface area contributed by atoms with Gasteiger partial charge in [-0.2, -0.15) is 0 Å². The van der Waals surface area contributed by atoms with E-state index >= 15 is 0 Å². The second-order valence-corrected chi connectivity index (χ2v) is 6.70. The van der Waals surface area contributed by atoms with Crippen LogP contribution >= 0.6 is 24.0 Å². The molecule has 160 valence electrons. The minimum atomic E-state index is -0.247. The van der Waals surface area contributed by atoms with E-state index in [-0.39, 0.29) is 42.1 Å². The van der Waals surface area contributed by atoms with Crippen LogP contribution in [-0.4, -0.2) is 42.0 Å². The molecule has 0 bridgehead atoms. The van der Waals surface area contributed by atoms with Crippen molar-refractivity contribution in [1.29, 1.82) is 0 Å². The normalized spacial score (nSPS) is 11.1. The lowest BCUT2D eigenvalue weighted by molar-refractivity contribution is -0.116. The summed E-state index contributed by atoms with van der Waals surface area (Å²) in [7, 11) is 1.67. The maximum Gasteiger partial charge on any atom is 0.227 e. The summed E-state index contributed by atoms with van der Waals surface area (Å²) in [6.45, 7) is 3.01. The molecule has 0 aliphatic rings. The van der Waals surface area contributed by atoms with Crippen molar-refractivity contribution in [2.75, 3.05) is 25.5 Å². The highest BCUT2D eigenvalue weighted by Crippen LogP contribution is 2.19. The van der Waals surface area contributed by atoms with Crippen LogP contribution < -0.4 is 16.0 Å². The number of guanidine groups is 1. The molecule has 30 heavy (non-hydrogen) atoms. The number of rotatable bonds is 7. The summed E-state index contributed by atoms with van der Waals surface area (Å²) < 4.78 is 13.5. The summed E-state index contributed by atoms with van der Waals surface area (Å²) in [5.74, 6) is 0.781. The maximum atomic E-state index is 13.5. The molecule has 0 fully saturated rings. The number of aromatic amines is 1. The number of nitrogens with zero attached hydrogens (tertiary/aromatic N) is 2. The molecule has 0 aliphatic heterocycles. The van der Waals surface area contributed by atoms with Gasteiger partial charge in [0.15, 0.2) is 5.96 Å². The highest BCUT2D eigenvalue weighted by molar-refractivity contribution is 14.0. The van der Waals surface area contributed by atoms with Crippen LogP contribution in [0.2, 0.25) is 0 Å². The Labute approximate surface area is 192 Å². The van der Waals surface area contributed by atoms with E-state index in [9.17, 15) is 9.18 Å². The van der Waals surface area contributed by atoms with Crippen LogP contribution in [-0.2, 0) is 11.2 Å². The Hall–Kier alpha value is -2.69. The van der Waals surface area contributed by atoms with Crippen LogP contribution in [0.25, 0.3) is 10.9 Å². The number of aryl methyl sites for hydroxylation is 1. The van der Waals surface area contributed by atoms with E-state index < -0.39 is 0 Å². The number of nitrogens with one attached hydrogen (secondary N) is 4. The third-order valence-corrected chi connectivity index (χ3v) is 4.46. The van der Waals surface area contributed by atoms with Gasteiger partial charge in [-0.3, -0.25) is 9.79 Å². The lowest BCUT2D eigenvalue weighted by Crippen LogP contribution is -2.39. The molecule has 0 atom stereocenters. The zero-order chi connectivity index (χ0) is 20.6. The van der Waals surface area contributed by atoms with E-state index in [4.69, 9.17) is 0 Å². The van der Waals surface area contributed by atoms with Gasteiger partial charge in [-0.25, -0.2) is 9.37 Å². The Morgan fingerprint density at radius 2 is 2.00 bits per heavy atom. The van der Waals surface area contributed by atoms with E-state index in [1.807, 2.05) is 19.2 Å². The molecule has 0 saturated carbocycles. The number of carbonyl (C=O) groups is 1. The van der Waals surface area contributed by atoms with Gasteiger partial charge in [0, 0.05) is 49.9 Å². The topological polar surface area (TPSA) is 94.2 Å². The fraction of sp³-hybridized carbons (Fsp3) is 0.286.